The lowest BCUT2D eigenvalue weighted by atomic mass is 10.1. The molecule has 8 heteroatoms. The lowest BCUT2D eigenvalue weighted by Crippen LogP contribution is -2.53. The highest BCUT2D eigenvalue weighted by atomic mass is 16.4. The summed E-state index contributed by atoms with van der Waals surface area (Å²) in [4.78, 5) is 35.8. The predicted molar refractivity (Wildman–Crippen MR) is 68.0 cm³/mol. The highest BCUT2D eigenvalue weighted by Gasteiger charge is 2.27. The minimum Gasteiger partial charge on any atom is -0.409 e. The van der Waals surface area contributed by atoms with Gasteiger partial charge in [0.25, 0.3) is 5.91 Å². The standard InChI is InChI=1S/C12H12N4O4/c13-11(15-20)7-2-1-3-8(4-7)12(19)16-5-9(17)14-10(18)6-16/h1-4,20H,5-6H2,(H2,13,15)(H,14,17,18). The first-order valence-corrected chi connectivity index (χ1v) is 5.71. The van der Waals surface area contributed by atoms with Gasteiger partial charge in [-0.1, -0.05) is 17.3 Å². The maximum atomic E-state index is 12.2. The van der Waals surface area contributed by atoms with Crippen LogP contribution in [0.15, 0.2) is 29.4 Å². The number of nitrogens with one attached hydrogen (secondary N) is 1. The number of rotatable bonds is 2. The van der Waals surface area contributed by atoms with Gasteiger partial charge in [0.1, 0.15) is 13.1 Å². The van der Waals surface area contributed by atoms with E-state index in [0.29, 0.717) is 5.56 Å². The van der Waals surface area contributed by atoms with Gasteiger partial charge in [0.2, 0.25) is 11.8 Å². The molecule has 0 bridgehead atoms. The fraction of sp³-hybridized carbons (Fsp3) is 0.167. The van der Waals surface area contributed by atoms with Gasteiger partial charge >= 0.3 is 0 Å². The van der Waals surface area contributed by atoms with E-state index in [0.717, 1.165) is 4.90 Å². The molecule has 1 aromatic rings. The van der Waals surface area contributed by atoms with Crippen LogP contribution in [-0.2, 0) is 9.59 Å². The van der Waals surface area contributed by atoms with Crippen molar-refractivity contribution in [2.75, 3.05) is 13.1 Å². The van der Waals surface area contributed by atoms with Gasteiger partial charge in [-0.05, 0) is 12.1 Å². The maximum absolute atomic E-state index is 12.2. The third-order valence-electron chi connectivity index (χ3n) is 2.75. The van der Waals surface area contributed by atoms with E-state index in [-0.39, 0.29) is 24.5 Å². The quantitative estimate of drug-likeness (QED) is 0.207. The van der Waals surface area contributed by atoms with Gasteiger partial charge in [0.05, 0.1) is 0 Å². The second-order valence-corrected chi connectivity index (χ2v) is 4.20. The van der Waals surface area contributed by atoms with E-state index in [9.17, 15) is 14.4 Å². The first-order valence-electron chi connectivity index (χ1n) is 5.71. The summed E-state index contributed by atoms with van der Waals surface area (Å²) in [6.45, 7) is -0.364. The molecule has 0 atom stereocenters. The Morgan fingerprint density at radius 1 is 1.25 bits per heavy atom. The maximum Gasteiger partial charge on any atom is 0.254 e. The van der Waals surface area contributed by atoms with E-state index in [4.69, 9.17) is 10.9 Å². The average molecular weight is 276 g/mol. The predicted octanol–water partition coefficient (Wildman–Crippen LogP) is -1.12. The van der Waals surface area contributed by atoms with E-state index >= 15 is 0 Å². The van der Waals surface area contributed by atoms with E-state index in [2.05, 4.69) is 10.5 Å². The third kappa shape index (κ3) is 2.74. The normalized spacial score (nSPS) is 16.0. The number of imide groups is 1. The largest absolute Gasteiger partial charge is 0.409 e. The lowest BCUT2D eigenvalue weighted by molar-refractivity contribution is -0.135. The fourth-order valence-electron chi connectivity index (χ4n) is 1.83. The second kappa shape index (κ2) is 5.39. The van der Waals surface area contributed by atoms with Crippen molar-refractivity contribution < 1.29 is 19.6 Å². The molecule has 104 valence electrons. The van der Waals surface area contributed by atoms with Gasteiger partial charge in [-0.15, -0.1) is 0 Å². The number of carbonyl (C=O) groups is 3. The molecular weight excluding hydrogens is 264 g/mol. The first kappa shape index (κ1) is 13.5. The Kier molecular flexibility index (Phi) is 3.65. The lowest BCUT2D eigenvalue weighted by Gasteiger charge is -2.25. The van der Waals surface area contributed by atoms with Crippen LogP contribution in [0, 0.1) is 0 Å². The molecular formula is C12H12N4O4. The minimum absolute atomic E-state index is 0.132. The molecule has 0 saturated carbocycles. The van der Waals surface area contributed by atoms with E-state index in [1.54, 1.807) is 12.1 Å². The molecule has 2 rings (SSSR count). The molecule has 1 aromatic carbocycles. The molecule has 1 saturated heterocycles. The van der Waals surface area contributed by atoms with Crippen LogP contribution in [0.25, 0.3) is 0 Å². The van der Waals surface area contributed by atoms with Gasteiger partial charge in [0.15, 0.2) is 5.84 Å². The highest BCUT2D eigenvalue weighted by molar-refractivity contribution is 6.06. The van der Waals surface area contributed by atoms with Crippen molar-refractivity contribution in [3.05, 3.63) is 35.4 Å². The topological polar surface area (TPSA) is 125 Å². The molecule has 1 heterocycles. The number of amides is 3. The van der Waals surface area contributed by atoms with Gasteiger partial charge in [-0.25, -0.2) is 0 Å². The van der Waals surface area contributed by atoms with Crippen LogP contribution in [0.3, 0.4) is 0 Å². The summed E-state index contributed by atoms with van der Waals surface area (Å²) in [5, 5.41) is 13.6. The van der Waals surface area contributed by atoms with E-state index < -0.39 is 17.7 Å². The Morgan fingerprint density at radius 2 is 1.85 bits per heavy atom. The molecule has 0 spiro atoms. The van der Waals surface area contributed by atoms with Crippen molar-refractivity contribution in [2.45, 2.75) is 0 Å². The summed E-state index contributed by atoms with van der Waals surface area (Å²) < 4.78 is 0. The molecule has 1 aliphatic rings. The molecule has 0 unspecified atom stereocenters. The Bertz CT molecular complexity index is 595. The number of hydrogen-bond donors (Lipinski definition) is 3. The first-order chi connectivity index (χ1) is 9.51. The number of amidine groups is 1. The zero-order valence-corrected chi connectivity index (χ0v) is 10.4. The van der Waals surface area contributed by atoms with E-state index in [1.165, 1.54) is 12.1 Å². The third-order valence-corrected chi connectivity index (χ3v) is 2.75. The number of carbonyl (C=O) groups excluding carboxylic acids is 3. The summed E-state index contributed by atoms with van der Waals surface area (Å²) in [7, 11) is 0. The van der Waals surface area contributed by atoms with Crippen molar-refractivity contribution in [2.24, 2.45) is 10.9 Å². The molecule has 8 nitrogen and oxygen atoms in total. The molecule has 1 aliphatic heterocycles. The van der Waals surface area contributed by atoms with Crippen molar-refractivity contribution in [3.63, 3.8) is 0 Å². The van der Waals surface area contributed by atoms with Crippen LogP contribution in [0.5, 0.6) is 0 Å². The van der Waals surface area contributed by atoms with Crippen LogP contribution in [0.4, 0.5) is 0 Å². The summed E-state index contributed by atoms with van der Waals surface area (Å²) in [6, 6.07) is 6.08. The van der Waals surface area contributed by atoms with Crippen molar-refractivity contribution >= 4 is 23.6 Å². The highest BCUT2D eigenvalue weighted by Crippen LogP contribution is 2.10. The van der Waals surface area contributed by atoms with Crippen LogP contribution < -0.4 is 11.1 Å². The summed E-state index contributed by atoms with van der Waals surface area (Å²) >= 11 is 0. The van der Waals surface area contributed by atoms with Gasteiger partial charge < -0.3 is 15.8 Å². The van der Waals surface area contributed by atoms with Crippen molar-refractivity contribution in [1.82, 2.24) is 10.2 Å². The monoisotopic (exact) mass is 276 g/mol. The molecule has 0 aliphatic carbocycles. The van der Waals surface area contributed by atoms with Gasteiger partial charge in [0, 0.05) is 11.1 Å². The Balaban J connectivity index is 2.25. The molecule has 3 amide bonds. The van der Waals surface area contributed by atoms with Crippen LogP contribution in [-0.4, -0.2) is 46.8 Å². The van der Waals surface area contributed by atoms with Crippen molar-refractivity contribution in [1.29, 1.82) is 0 Å². The van der Waals surface area contributed by atoms with Crippen LogP contribution in [0.1, 0.15) is 15.9 Å². The van der Waals surface area contributed by atoms with Crippen molar-refractivity contribution in [3.8, 4) is 0 Å². The Morgan fingerprint density at radius 3 is 2.45 bits per heavy atom. The summed E-state index contributed by atoms with van der Waals surface area (Å²) in [5.41, 5.74) is 6.06. The van der Waals surface area contributed by atoms with Crippen LogP contribution >= 0.6 is 0 Å². The number of oxime groups is 1. The number of benzene rings is 1. The number of hydrogen-bond acceptors (Lipinski definition) is 5. The number of piperazine rings is 1. The summed E-state index contributed by atoms with van der Waals surface area (Å²) in [6.07, 6.45) is 0. The average Bonchev–Trinajstić information content (AvgIpc) is 2.44. The molecule has 1 fully saturated rings. The van der Waals surface area contributed by atoms with E-state index in [1.807, 2.05) is 0 Å². The van der Waals surface area contributed by atoms with Gasteiger partial charge in [-0.3, -0.25) is 19.7 Å². The number of nitrogens with two attached hydrogens (primary N) is 1. The minimum atomic E-state index is -0.526. The summed E-state index contributed by atoms with van der Waals surface area (Å²) in [5.74, 6) is -1.66. The Hall–Kier alpha value is -2.90. The fourth-order valence-corrected chi connectivity index (χ4v) is 1.83. The van der Waals surface area contributed by atoms with Gasteiger partial charge in [-0.2, -0.15) is 0 Å². The molecule has 0 aromatic heterocycles. The number of nitrogens with zero attached hydrogens (tertiary/aromatic N) is 2. The SMILES string of the molecule is NC(=NO)c1cccc(C(=O)N2CC(=O)NC(=O)C2)c1. The molecule has 20 heavy (non-hydrogen) atoms. The zero-order chi connectivity index (χ0) is 14.7. The molecule has 4 N–H and O–H groups in total. The van der Waals surface area contributed by atoms with Crippen LogP contribution in [0.2, 0.25) is 0 Å². The Labute approximate surface area is 113 Å². The molecule has 0 radical (unpaired) electrons. The zero-order valence-electron chi connectivity index (χ0n) is 10.4. The second-order valence-electron chi connectivity index (χ2n) is 4.20. The smallest absolute Gasteiger partial charge is 0.254 e.